The number of halogens is 1. The summed E-state index contributed by atoms with van der Waals surface area (Å²) >= 11 is 0. The first-order chi connectivity index (χ1) is 9.72. The fourth-order valence-electron chi connectivity index (χ4n) is 1.96. The van der Waals surface area contributed by atoms with Crippen LogP contribution in [0.1, 0.15) is 30.0 Å². The summed E-state index contributed by atoms with van der Waals surface area (Å²) in [5, 5.41) is 8.81. The Kier molecular flexibility index (Phi) is 4.73. The standard InChI is InChI=1S/C17H16FNO/c1-2-3-13-4-7-16(8-5-13)20-12-15-10-14(11-19)6-9-17(15)18/h4-10H,2-3,12H2,1H3. The summed E-state index contributed by atoms with van der Waals surface area (Å²) in [6.07, 6.45) is 2.14. The van der Waals surface area contributed by atoms with Crippen LogP contribution in [0.5, 0.6) is 5.75 Å². The molecule has 0 N–H and O–H groups in total. The van der Waals surface area contributed by atoms with Crippen LogP contribution in [0.15, 0.2) is 42.5 Å². The van der Waals surface area contributed by atoms with Crippen molar-refractivity contribution in [3.05, 3.63) is 65.0 Å². The molecular formula is C17H16FNO. The minimum atomic E-state index is -0.355. The molecule has 0 spiro atoms. The number of nitriles is 1. The van der Waals surface area contributed by atoms with Crippen molar-refractivity contribution in [2.45, 2.75) is 26.4 Å². The molecule has 0 amide bonds. The van der Waals surface area contributed by atoms with Gasteiger partial charge in [0, 0.05) is 5.56 Å². The lowest BCUT2D eigenvalue weighted by Crippen LogP contribution is -1.99. The maximum absolute atomic E-state index is 13.6. The van der Waals surface area contributed by atoms with E-state index in [0.717, 1.165) is 12.8 Å². The first-order valence-corrected chi connectivity index (χ1v) is 6.63. The largest absolute Gasteiger partial charge is 0.489 e. The molecule has 20 heavy (non-hydrogen) atoms. The number of hydrogen-bond donors (Lipinski definition) is 0. The average molecular weight is 269 g/mol. The molecule has 0 aliphatic carbocycles. The number of aryl methyl sites for hydroxylation is 1. The molecule has 3 heteroatoms. The van der Waals surface area contributed by atoms with Gasteiger partial charge in [-0.1, -0.05) is 25.5 Å². The van der Waals surface area contributed by atoms with Crippen LogP contribution in [0.25, 0.3) is 0 Å². The Labute approximate surface area is 118 Å². The fourth-order valence-corrected chi connectivity index (χ4v) is 1.96. The molecule has 0 bridgehead atoms. The first-order valence-electron chi connectivity index (χ1n) is 6.63. The highest BCUT2D eigenvalue weighted by Gasteiger charge is 2.05. The van der Waals surface area contributed by atoms with Gasteiger partial charge in [-0.2, -0.15) is 5.26 Å². The SMILES string of the molecule is CCCc1ccc(OCc2cc(C#N)ccc2F)cc1. The molecule has 0 fully saturated rings. The molecule has 102 valence electrons. The zero-order valence-corrected chi connectivity index (χ0v) is 11.4. The van der Waals surface area contributed by atoms with Crippen LogP contribution in [0.3, 0.4) is 0 Å². The van der Waals surface area contributed by atoms with E-state index in [1.165, 1.54) is 23.8 Å². The molecule has 2 aromatic carbocycles. The Bertz CT molecular complexity index is 614. The number of benzene rings is 2. The lowest BCUT2D eigenvalue weighted by Gasteiger charge is -2.08. The van der Waals surface area contributed by atoms with E-state index in [0.29, 0.717) is 16.9 Å². The molecular weight excluding hydrogens is 253 g/mol. The van der Waals surface area contributed by atoms with E-state index in [9.17, 15) is 4.39 Å². The van der Waals surface area contributed by atoms with Gasteiger partial charge in [0.05, 0.1) is 11.6 Å². The Hall–Kier alpha value is -2.34. The normalized spacial score (nSPS) is 10.1. The van der Waals surface area contributed by atoms with Crippen molar-refractivity contribution in [1.29, 1.82) is 5.26 Å². The highest BCUT2D eigenvalue weighted by molar-refractivity contribution is 5.34. The van der Waals surface area contributed by atoms with Crippen molar-refractivity contribution >= 4 is 0 Å². The van der Waals surface area contributed by atoms with Gasteiger partial charge in [0.2, 0.25) is 0 Å². The Balaban J connectivity index is 2.03. The summed E-state index contributed by atoms with van der Waals surface area (Å²) < 4.78 is 19.1. The van der Waals surface area contributed by atoms with Crippen LogP contribution >= 0.6 is 0 Å². The average Bonchev–Trinajstić information content (AvgIpc) is 2.48. The second-order valence-electron chi connectivity index (χ2n) is 4.60. The van der Waals surface area contributed by atoms with Gasteiger partial charge < -0.3 is 4.74 Å². The van der Waals surface area contributed by atoms with Gasteiger partial charge in [-0.25, -0.2) is 4.39 Å². The van der Waals surface area contributed by atoms with Crippen molar-refractivity contribution < 1.29 is 9.13 Å². The second-order valence-corrected chi connectivity index (χ2v) is 4.60. The number of nitrogens with zero attached hydrogens (tertiary/aromatic N) is 1. The van der Waals surface area contributed by atoms with Crippen LogP contribution in [0.4, 0.5) is 4.39 Å². The van der Waals surface area contributed by atoms with E-state index in [2.05, 4.69) is 6.92 Å². The lowest BCUT2D eigenvalue weighted by molar-refractivity contribution is 0.299. The van der Waals surface area contributed by atoms with Crippen molar-refractivity contribution in [2.75, 3.05) is 0 Å². The van der Waals surface area contributed by atoms with E-state index in [4.69, 9.17) is 10.00 Å². The van der Waals surface area contributed by atoms with E-state index >= 15 is 0 Å². The summed E-state index contributed by atoms with van der Waals surface area (Å²) in [6, 6.07) is 14.1. The fraction of sp³-hybridized carbons (Fsp3) is 0.235. The monoisotopic (exact) mass is 269 g/mol. The van der Waals surface area contributed by atoms with Gasteiger partial charge >= 0.3 is 0 Å². The Morgan fingerprint density at radius 1 is 1.15 bits per heavy atom. The van der Waals surface area contributed by atoms with Gasteiger partial charge in [-0.05, 0) is 42.3 Å². The summed E-state index contributed by atoms with van der Waals surface area (Å²) in [7, 11) is 0. The molecule has 0 aliphatic rings. The molecule has 2 nitrogen and oxygen atoms in total. The predicted octanol–water partition coefficient (Wildman–Crippen LogP) is 4.23. The van der Waals surface area contributed by atoms with Crippen LogP contribution in [0.2, 0.25) is 0 Å². The van der Waals surface area contributed by atoms with Crippen molar-refractivity contribution in [3.8, 4) is 11.8 Å². The summed E-state index contributed by atoms with van der Waals surface area (Å²) in [6.45, 7) is 2.25. The third-order valence-corrected chi connectivity index (χ3v) is 3.03. The van der Waals surface area contributed by atoms with Crippen LogP contribution < -0.4 is 4.74 Å². The molecule has 0 aliphatic heterocycles. The van der Waals surface area contributed by atoms with Crippen LogP contribution in [-0.2, 0) is 13.0 Å². The maximum atomic E-state index is 13.6. The molecule has 0 saturated heterocycles. The van der Waals surface area contributed by atoms with E-state index < -0.39 is 0 Å². The molecule has 0 saturated carbocycles. The van der Waals surface area contributed by atoms with Gasteiger partial charge in [0.1, 0.15) is 18.2 Å². The Morgan fingerprint density at radius 2 is 1.90 bits per heavy atom. The smallest absolute Gasteiger partial charge is 0.129 e. The topological polar surface area (TPSA) is 33.0 Å². The second kappa shape index (κ2) is 6.72. The highest BCUT2D eigenvalue weighted by Crippen LogP contribution is 2.17. The maximum Gasteiger partial charge on any atom is 0.129 e. The number of rotatable bonds is 5. The zero-order valence-electron chi connectivity index (χ0n) is 11.4. The predicted molar refractivity (Wildman–Crippen MR) is 75.9 cm³/mol. The van der Waals surface area contributed by atoms with Gasteiger partial charge in [0.25, 0.3) is 0 Å². The summed E-state index contributed by atoms with van der Waals surface area (Å²) in [5.74, 6) is 0.346. The van der Waals surface area contributed by atoms with E-state index in [-0.39, 0.29) is 12.4 Å². The van der Waals surface area contributed by atoms with Gasteiger partial charge in [0.15, 0.2) is 0 Å². The van der Waals surface area contributed by atoms with E-state index in [1.807, 2.05) is 30.3 Å². The van der Waals surface area contributed by atoms with Crippen molar-refractivity contribution in [3.63, 3.8) is 0 Å². The van der Waals surface area contributed by atoms with Gasteiger partial charge in [-0.3, -0.25) is 0 Å². The lowest BCUT2D eigenvalue weighted by atomic mass is 10.1. The zero-order chi connectivity index (χ0) is 14.4. The molecule has 2 rings (SSSR count). The molecule has 0 aromatic heterocycles. The molecule has 0 heterocycles. The number of hydrogen-bond acceptors (Lipinski definition) is 2. The quantitative estimate of drug-likeness (QED) is 0.813. The van der Waals surface area contributed by atoms with Crippen molar-refractivity contribution in [1.82, 2.24) is 0 Å². The van der Waals surface area contributed by atoms with Crippen LogP contribution in [-0.4, -0.2) is 0 Å². The third-order valence-electron chi connectivity index (χ3n) is 3.03. The van der Waals surface area contributed by atoms with Crippen molar-refractivity contribution in [2.24, 2.45) is 0 Å². The molecule has 0 radical (unpaired) electrons. The third kappa shape index (κ3) is 3.58. The highest BCUT2D eigenvalue weighted by atomic mass is 19.1. The van der Waals surface area contributed by atoms with Gasteiger partial charge in [-0.15, -0.1) is 0 Å². The molecule has 2 aromatic rings. The van der Waals surface area contributed by atoms with E-state index in [1.54, 1.807) is 0 Å². The van der Waals surface area contributed by atoms with Crippen LogP contribution in [0, 0.1) is 17.1 Å². The first kappa shape index (κ1) is 14.1. The minimum absolute atomic E-state index is 0.120. The molecule has 0 unspecified atom stereocenters. The summed E-state index contributed by atoms with van der Waals surface area (Å²) in [5.41, 5.74) is 2.09. The molecule has 0 atom stereocenters. The number of ether oxygens (including phenoxy) is 1. The minimum Gasteiger partial charge on any atom is -0.489 e. The Morgan fingerprint density at radius 3 is 2.55 bits per heavy atom. The summed E-state index contributed by atoms with van der Waals surface area (Å²) in [4.78, 5) is 0.